The third-order valence-corrected chi connectivity index (χ3v) is 6.18. The molecule has 0 N–H and O–H groups in total. The van der Waals surface area contributed by atoms with Crippen LogP contribution in [-0.2, 0) is 61.6 Å². The molecule has 0 aliphatic carbocycles. The van der Waals surface area contributed by atoms with Gasteiger partial charge in [-0.3, -0.25) is 4.79 Å². The maximum absolute atomic E-state index is 13.5. The third kappa shape index (κ3) is 28.4. The van der Waals surface area contributed by atoms with Gasteiger partial charge in [-0.2, -0.15) is 8.78 Å². The molecule has 1 aromatic rings. The largest absolute Gasteiger partial charge is 0.420 e. The van der Waals surface area contributed by atoms with Gasteiger partial charge >= 0.3 is 5.97 Å². The Morgan fingerprint density at radius 2 is 0.635 bits per heavy atom. The van der Waals surface area contributed by atoms with E-state index < -0.39 is 41.4 Å². The average molecular weight is 765 g/mol. The topological polar surface area (TPSA) is 137 Å². The summed E-state index contributed by atoms with van der Waals surface area (Å²) in [4.78, 5) is 11.7. The standard InChI is InChI=1S/C34H56F4O14/c1-2-4-40-6-8-42-10-12-44-14-16-46-18-20-48-22-24-50-26-27-51-25-23-49-21-19-47-17-15-45-13-11-43-9-7-41-5-3-31(39)52-34-32(37)29(35)28-30(36)33(34)38/h28H,2-27H2,1H3. The second-order valence-electron chi connectivity index (χ2n) is 10.4. The molecule has 0 fully saturated rings. The maximum Gasteiger partial charge on any atom is 0.313 e. The Balaban J connectivity index is 1.70. The fourth-order valence-corrected chi connectivity index (χ4v) is 3.63. The Morgan fingerprint density at radius 1 is 0.404 bits per heavy atom. The summed E-state index contributed by atoms with van der Waals surface area (Å²) in [6.07, 6.45) is 0.615. The number of halogens is 4. The van der Waals surface area contributed by atoms with Crippen LogP contribution in [0.5, 0.6) is 5.75 Å². The van der Waals surface area contributed by atoms with E-state index in [1.807, 2.05) is 0 Å². The summed E-state index contributed by atoms with van der Waals surface area (Å²) < 4.78 is 122. The van der Waals surface area contributed by atoms with E-state index >= 15 is 0 Å². The van der Waals surface area contributed by atoms with Crippen LogP contribution in [0.25, 0.3) is 0 Å². The predicted molar refractivity (Wildman–Crippen MR) is 177 cm³/mol. The van der Waals surface area contributed by atoms with Gasteiger partial charge in [0.1, 0.15) is 0 Å². The first-order valence-electron chi connectivity index (χ1n) is 17.4. The molecule has 0 amide bonds. The molecule has 304 valence electrons. The van der Waals surface area contributed by atoms with Crippen molar-refractivity contribution in [1.82, 2.24) is 0 Å². The van der Waals surface area contributed by atoms with Gasteiger partial charge in [0.15, 0.2) is 11.6 Å². The van der Waals surface area contributed by atoms with Crippen LogP contribution in [-0.4, -0.2) is 165 Å². The molecule has 52 heavy (non-hydrogen) atoms. The molecule has 0 aromatic heterocycles. The molecule has 0 saturated carbocycles. The zero-order chi connectivity index (χ0) is 37.7. The number of ether oxygens (including phenoxy) is 13. The smallest absolute Gasteiger partial charge is 0.313 e. The summed E-state index contributed by atoms with van der Waals surface area (Å²) in [5.74, 6) is -9.48. The van der Waals surface area contributed by atoms with E-state index in [2.05, 4.69) is 11.7 Å². The van der Waals surface area contributed by atoms with Gasteiger partial charge in [-0.15, -0.1) is 0 Å². The van der Waals surface area contributed by atoms with E-state index in [1.165, 1.54) is 0 Å². The fraction of sp³-hybridized carbons (Fsp3) is 0.794. The number of benzene rings is 1. The van der Waals surface area contributed by atoms with Crippen molar-refractivity contribution in [2.24, 2.45) is 0 Å². The van der Waals surface area contributed by atoms with Crippen LogP contribution in [0.3, 0.4) is 0 Å². The molecule has 1 aromatic carbocycles. The van der Waals surface area contributed by atoms with Gasteiger partial charge in [0, 0.05) is 12.7 Å². The monoisotopic (exact) mass is 764 g/mol. The molecule has 0 bridgehead atoms. The SMILES string of the molecule is CCCOCCOCCOCCOCCOCCOCCOCCOCCOCCOCCOCCOCCC(=O)Oc1c(F)c(F)cc(F)c1F. The first-order valence-corrected chi connectivity index (χ1v) is 17.4. The molecule has 0 radical (unpaired) electrons. The van der Waals surface area contributed by atoms with Crippen molar-refractivity contribution in [1.29, 1.82) is 0 Å². The normalized spacial score (nSPS) is 11.5. The average Bonchev–Trinajstić information content (AvgIpc) is 3.13. The van der Waals surface area contributed by atoms with E-state index in [9.17, 15) is 22.4 Å². The molecule has 0 unspecified atom stereocenters. The zero-order valence-electron chi connectivity index (χ0n) is 30.2. The lowest BCUT2D eigenvalue weighted by atomic mass is 10.3. The van der Waals surface area contributed by atoms with Gasteiger partial charge in [-0.25, -0.2) is 8.78 Å². The second kappa shape index (κ2) is 35.9. The molecule has 0 aliphatic rings. The van der Waals surface area contributed by atoms with Crippen molar-refractivity contribution in [3.8, 4) is 5.75 Å². The molecule has 0 saturated heterocycles. The lowest BCUT2D eigenvalue weighted by molar-refractivity contribution is -0.136. The summed E-state index contributed by atoms with van der Waals surface area (Å²) in [7, 11) is 0. The number of esters is 1. The molecule has 0 aliphatic heterocycles. The minimum absolute atomic E-state index is 0.0186. The van der Waals surface area contributed by atoms with Crippen LogP contribution in [0.4, 0.5) is 17.6 Å². The van der Waals surface area contributed by atoms with Crippen molar-refractivity contribution in [2.45, 2.75) is 19.8 Å². The minimum atomic E-state index is -1.79. The molecule has 14 nitrogen and oxygen atoms in total. The summed E-state index contributed by atoms with van der Waals surface area (Å²) in [5.41, 5.74) is 0. The van der Waals surface area contributed by atoms with Crippen LogP contribution in [0.1, 0.15) is 19.8 Å². The van der Waals surface area contributed by atoms with Crippen molar-refractivity contribution < 1.29 is 83.9 Å². The van der Waals surface area contributed by atoms with Crippen LogP contribution in [0.15, 0.2) is 6.07 Å². The van der Waals surface area contributed by atoms with E-state index in [4.69, 9.17) is 56.8 Å². The summed E-state index contributed by atoms with van der Waals surface area (Å²) >= 11 is 0. The molecule has 0 heterocycles. The van der Waals surface area contributed by atoms with E-state index in [0.29, 0.717) is 132 Å². The second-order valence-corrected chi connectivity index (χ2v) is 10.4. The Morgan fingerprint density at radius 3 is 0.885 bits per heavy atom. The van der Waals surface area contributed by atoms with Gasteiger partial charge in [0.05, 0.1) is 158 Å². The summed E-state index contributed by atoms with van der Waals surface area (Å²) in [6, 6.07) is 0.0186. The van der Waals surface area contributed by atoms with Crippen molar-refractivity contribution >= 4 is 5.97 Å². The Kier molecular flexibility index (Phi) is 33.1. The Hall–Kier alpha value is -2.07. The van der Waals surface area contributed by atoms with E-state index in [-0.39, 0.29) is 25.9 Å². The van der Waals surface area contributed by atoms with Crippen molar-refractivity contribution in [3.63, 3.8) is 0 Å². The molecule has 18 heteroatoms. The highest BCUT2D eigenvalue weighted by atomic mass is 19.2. The molecular formula is C34H56F4O14. The molecular weight excluding hydrogens is 708 g/mol. The van der Waals surface area contributed by atoms with Gasteiger partial charge < -0.3 is 61.6 Å². The number of carbonyl (C=O) groups is 1. The quantitative estimate of drug-likeness (QED) is 0.0319. The fourth-order valence-electron chi connectivity index (χ4n) is 3.63. The van der Waals surface area contributed by atoms with Crippen LogP contribution in [0, 0.1) is 23.3 Å². The Labute approximate surface area is 303 Å². The van der Waals surface area contributed by atoms with E-state index in [0.717, 1.165) is 13.0 Å². The van der Waals surface area contributed by atoms with Crippen molar-refractivity contribution in [3.05, 3.63) is 29.3 Å². The number of hydrogen-bond donors (Lipinski definition) is 0. The highest BCUT2D eigenvalue weighted by Gasteiger charge is 2.22. The lowest BCUT2D eigenvalue weighted by Crippen LogP contribution is -2.16. The number of rotatable bonds is 39. The van der Waals surface area contributed by atoms with Crippen LogP contribution >= 0.6 is 0 Å². The maximum atomic E-state index is 13.5. The minimum Gasteiger partial charge on any atom is -0.420 e. The first kappa shape index (κ1) is 48.0. The lowest BCUT2D eigenvalue weighted by Gasteiger charge is -2.09. The number of carbonyl (C=O) groups excluding carboxylic acids is 1. The van der Waals surface area contributed by atoms with Crippen molar-refractivity contribution in [2.75, 3.05) is 159 Å². The van der Waals surface area contributed by atoms with Crippen LogP contribution in [0.2, 0.25) is 0 Å². The molecule has 1 rings (SSSR count). The number of hydrogen-bond acceptors (Lipinski definition) is 14. The summed E-state index contributed by atoms with van der Waals surface area (Å²) in [5, 5.41) is 0. The summed E-state index contributed by atoms with van der Waals surface area (Å²) in [6.45, 7) is 12.3. The predicted octanol–water partition coefficient (Wildman–Crippen LogP) is 3.15. The zero-order valence-corrected chi connectivity index (χ0v) is 30.2. The Bertz CT molecular complexity index is 956. The van der Waals surface area contributed by atoms with Gasteiger partial charge in [-0.1, -0.05) is 6.92 Å². The molecule has 0 atom stereocenters. The highest BCUT2D eigenvalue weighted by Crippen LogP contribution is 2.26. The van der Waals surface area contributed by atoms with Crippen LogP contribution < -0.4 is 4.74 Å². The molecule has 0 spiro atoms. The van der Waals surface area contributed by atoms with Gasteiger partial charge in [0.2, 0.25) is 17.4 Å². The van der Waals surface area contributed by atoms with Gasteiger partial charge in [0.25, 0.3) is 0 Å². The first-order chi connectivity index (χ1) is 25.5. The highest BCUT2D eigenvalue weighted by molar-refractivity contribution is 5.72. The third-order valence-electron chi connectivity index (χ3n) is 6.18. The van der Waals surface area contributed by atoms with Gasteiger partial charge in [-0.05, 0) is 6.42 Å². The van der Waals surface area contributed by atoms with E-state index in [1.54, 1.807) is 0 Å².